The van der Waals surface area contributed by atoms with Gasteiger partial charge in [0.2, 0.25) is 0 Å². The van der Waals surface area contributed by atoms with Gasteiger partial charge in [-0.15, -0.1) is 10.2 Å². The molecule has 2 heterocycles. The van der Waals surface area contributed by atoms with E-state index in [1.54, 1.807) is 0 Å². The lowest BCUT2D eigenvalue weighted by Gasteiger charge is -2.28. The van der Waals surface area contributed by atoms with Crippen LogP contribution in [0.2, 0.25) is 0 Å². The summed E-state index contributed by atoms with van der Waals surface area (Å²) in [5.41, 5.74) is 2.94. The van der Waals surface area contributed by atoms with Crippen LogP contribution in [0.15, 0.2) is 24.3 Å². The molecule has 1 fully saturated rings. The van der Waals surface area contributed by atoms with Crippen molar-refractivity contribution >= 4 is 0 Å². The maximum Gasteiger partial charge on any atom is 0.175 e. The molecule has 0 bridgehead atoms. The third kappa shape index (κ3) is 3.48. The predicted octanol–water partition coefficient (Wildman–Crippen LogP) is -0.112. The molecular weight excluding hydrogens is 304 g/mol. The molecule has 2 aliphatic rings. The normalized spacial score (nSPS) is 23.3. The third-order valence-corrected chi connectivity index (χ3v) is 5.20. The van der Waals surface area contributed by atoms with Gasteiger partial charge in [0.15, 0.2) is 5.82 Å². The lowest BCUT2D eigenvalue weighted by molar-refractivity contribution is 0.0959. The molecule has 0 spiro atoms. The number of aliphatic hydroxyl groups is 1. The van der Waals surface area contributed by atoms with Crippen LogP contribution in [-0.4, -0.2) is 80.4 Å². The van der Waals surface area contributed by atoms with Crippen LogP contribution in [0.25, 0.3) is 0 Å². The number of fused-ring (bicyclic) bond motifs is 1. The van der Waals surface area contributed by atoms with E-state index in [1.807, 2.05) is 0 Å². The summed E-state index contributed by atoms with van der Waals surface area (Å²) in [6.07, 6.45) is 2.66. The van der Waals surface area contributed by atoms with E-state index >= 15 is 0 Å². The second-order valence-electron chi connectivity index (χ2n) is 6.86. The number of tetrazole rings is 1. The summed E-state index contributed by atoms with van der Waals surface area (Å²) in [7, 11) is 0. The van der Waals surface area contributed by atoms with Gasteiger partial charge >= 0.3 is 0 Å². The molecule has 0 amide bonds. The van der Waals surface area contributed by atoms with Gasteiger partial charge in [0.25, 0.3) is 0 Å². The zero-order valence-corrected chi connectivity index (χ0v) is 13.8. The number of aromatic amines is 1. The fraction of sp³-hybridized carbons (Fsp3) is 0.588. The van der Waals surface area contributed by atoms with Gasteiger partial charge in [0.05, 0.1) is 6.10 Å². The Bertz CT molecular complexity index is 636. The lowest BCUT2D eigenvalue weighted by Crippen LogP contribution is -2.41. The number of aromatic nitrogens is 4. The van der Waals surface area contributed by atoms with Crippen molar-refractivity contribution in [3.05, 3.63) is 41.2 Å². The zero-order valence-electron chi connectivity index (χ0n) is 13.8. The Morgan fingerprint density at radius 1 is 1.12 bits per heavy atom. The summed E-state index contributed by atoms with van der Waals surface area (Å²) >= 11 is 0. The summed E-state index contributed by atoms with van der Waals surface area (Å²) in [6.45, 7) is 4.31. The fourth-order valence-electron chi connectivity index (χ4n) is 3.95. The van der Waals surface area contributed by atoms with E-state index in [0.717, 1.165) is 51.3 Å². The molecule has 1 aromatic heterocycles. The Morgan fingerprint density at radius 2 is 1.92 bits per heavy atom. The van der Waals surface area contributed by atoms with Gasteiger partial charge in [0.1, 0.15) is 0 Å². The summed E-state index contributed by atoms with van der Waals surface area (Å²) < 4.78 is 0. The highest BCUT2D eigenvalue weighted by molar-refractivity contribution is 5.33. The first kappa shape index (κ1) is 15.7. The molecule has 1 aliphatic heterocycles. The maximum atomic E-state index is 10.4. The van der Waals surface area contributed by atoms with Crippen LogP contribution in [0.5, 0.6) is 0 Å². The predicted molar refractivity (Wildman–Crippen MR) is 89.5 cm³/mol. The Labute approximate surface area is 141 Å². The first-order valence-corrected chi connectivity index (χ1v) is 8.71. The molecule has 7 heteroatoms. The van der Waals surface area contributed by atoms with Crippen molar-refractivity contribution in [2.45, 2.75) is 31.4 Å². The van der Waals surface area contributed by atoms with Crippen LogP contribution in [0, 0.1) is 0 Å². The van der Waals surface area contributed by atoms with Gasteiger partial charge in [-0.3, -0.25) is 9.80 Å². The molecule has 0 saturated carbocycles. The molecule has 1 atom stereocenters. The average molecular weight is 328 g/mol. The van der Waals surface area contributed by atoms with Crippen LogP contribution in [0.1, 0.15) is 17.0 Å². The SMILES string of the molecule is OC1CN(CCc2nn[nH]n2)CCN(C2Cc3ccccc3C2)C1. The Kier molecular flexibility index (Phi) is 4.55. The Morgan fingerprint density at radius 3 is 2.62 bits per heavy atom. The van der Waals surface area contributed by atoms with Gasteiger partial charge in [-0.25, -0.2) is 0 Å². The smallest absolute Gasteiger partial charge is 0.175 e. The van der Waals surface area contributed by atoms with Crippen molar-refractivity contribution in [1.29, 1.82) is 0 Å². The second-order valence-corrected chi connectivity index (χ2v) is 6.86. The number of hydrogen-bond acceptors (Lipinski definition) is 6. The van der Waals surface area contributed by atoms with E-state index in [2.05, 4.69) is 54.7 Å². The minimum Gasteiger partial charge on any atom is -0.390 e. The first-order valence-electron chi connectivity index (χ1n) is 8.71. The standard InChI is InChI=1S/C17H24N6O/c24-16-11-22(6-5-17-18-20-21-19-17)7-8-23(12-16)15-9-13-3-1-2-4-14(13)10-15/h1-4,15-16,24H,5-12H2,(H,18,19,20,21). The van der Waals surface area contributed by atoms with E-state index in [-0.39, 0.29) is 6.10 Å². The van der Waals surface area contributed by atoms with Crippen LogP contribution < -0.4 is 0 Å². The Hall–Kier alpha value is -1.83. The first-order chi connectivity index (χ1) is 11.8. The topological polar surface area (TPSA) is 81.2 Å². The van der Waals surface area contributed by atoms with Gasteiger partial charge in [-0.1, -0.05) is 29.5 Å². The monoisotopic (exact) mass is 328 g/mol. The molecule has 1 unspecified atom stereocenters. The highest BCUT2D eigenvalue weighted by Gasteiger charge is 2.30. The molecule has 1 aromatic carbocycles. The van der Waals surface area contributed by atoms with Gasteiger partial charge in [0, 0.05) is 45.2 Å². The number of rotatable bonds is 4. The molecule has 2 aromatic rings. The quantitative estimate of drug-likeness (QED) is 0.815. The summed E-state index contributed by atoms with van der Waals surface area (Å²) in [5, 5.41) is 24.5. The molecular formula is C17H24N6O. The maximum absolute atomic E-state index is 10.4. The van der Waals surface area contributed by atoms with E-state index in [4.69, 9.17) is 0 Å². The molecule has 2 N–H and O–H groups in total. The van der Waals surface area contributed by atoms with Crippen molar-refractivity contribution in [2.24, 2.45) is 0 Å². The minimum atomic E-state index is -0.304. The van der Waals surface area contributed by atoms with Crippen LogP contribution in [-0.2, 0) is 19.3 Å². The highest BCUT2D eigenvalue weighted by Crippen LogP contribution is 2.26. The molecule has 0 radical (unpaired) electrons. The number of hydrogen-bond donors (Lipinski definition) is 2. The minimum absolute atomic E-state index is 0.304. The van der Waals surface area contributed by atoms with Crippen molar-refractivity contribution in [2.75, 3.05) is 32.7 Å². The van der Waals surface area contributed by atoms with E-state index in [1.165, 1.54) is 11.1 Å². The number of nitrogens with zero attached hydrogens (tertiary/aromatic N) is 5. The number of nitrogens with one attached hydrogen (secondary N) is 1. The zero-order chi connectivity index (χ0) is 16.4. The van der Waals surface area contributed by atoms with Crippen LogP contribution in [0.4, 0.5) is 0 Å². The van der Waals surface area contributed by atoms with Gasteiger partial charge in [-0.05, 0) is 24.0 Å². The summed E-state index contributed by atoms with van der Waals surface area (Å²) in [4.78, 5) is 4.78. The lowest BCUT2D eigenvalue weighted by atomic mass is 10.1. The third-order valence-electron chi connectivity index (χ3n) is 5.20. The molecule has 128 valence electrons. The highest BCUT2D eigenvalue weighted by atomic mass is 16.3. The van der Waals surface area contributed by atoms with Crippen LogP contribution in [0.3, 0.4) is 0 Å². The molecule has 4 rings (SSSR count). The number of β-amino-alcohol motifs (C(OH)–C–C–N with tert-alkyl or cyclic N) is 1. The van der Waals surface area contributed by atoms with Crippen molar-refractivity contribution in [3.8, 4) is 0 Å². The number of H-pyrrole nitrogens is 1. The van der Waals surface area contributed by atoms with Crippen molar-refractivity contribution < 1.29 is 5.11 Å². The van der Waals surface area contributed by atoms with Crippen LogP contribution >= 0.6 is 0 Å². The molecule has 1 aliphatic carbocycles. The van der Waals surface area contributed by atoms with E-state index in [9.17, 15) is 5.11 Å². The largest absolute Gasteiger partial charge is 0.390 e. The summed E-state index contributed by atoms with van der Waals surface area (Å²) in [6, 6.07) is 9.24. The number of aliphatic hydroxyl groups excluding tert-OH is 1. The average Bonchev–Trinajstić information content (AvgIpc) is 3.21. The second kappa shape index (κ2) is 6.96. The van der Waals surface area contributed by atoms with Gasteiger partial charge in [-0.2, -0.15) is 5.21 Å². The fourth-order valence-corrected chi connectivity index (χ4v) is 3.95. The number of benzene rings is 1. The Balaban J connectivity index is 1.34. The molecule has 24 heavy (non-hydrogen) atoms. The van der Waals surface area contributed by atoms with Crippen molar-refractivity contribution in [1.82, 2.24) is 30.4 Å². The van der Waals surface area contributed by atoms with E-state index < -0.39 is 0 Å². The summed E-state index contributed by atoms with van der Waals surface area (Å²) in [5.74, 6) is 0.733. The molecule has 1 saturated heterocycles. The molecule has 7 nitrogen and oxygen atoms in total. The van der Waals surface area contributed by atoms with Gasteiger partial charge < -0.3 is 5.11 Å². The van der Waals surface area contributed by atoms with E-state index in [0.29, 0.717) is 12.6 Å². The van der Waals surface area contributed by atoms with Crippen molar-refractivity contribution in [3.63, 3.8) is 0 Å².